The predicted octanol–water partition coefficient (Wildman–Crippen LogP) is 6.91. The van der Waals surface area contributed by atoms with E-state index in [1.807, 2.05) is 28.0 Å². The number of hydrogen-bond donors (Lipinski definition) is 5. The normalized spacial score (nSPS) is 21.0. The van der Waals surface area contributed by atoms with Crippen molar-refractivity contribution in [3.63, 3.8) is 0 Å². The SMILES string of the molecule is O=C(C1CCC(C(=O)N2CCC(COc3cccc(C(O)(C(=O)OCC4CCN(Cc5ccccc5)CC4)c4ccccc4)c3)CC2)CC1)N1CCC(CNC[C@H](O)c2ccc(O)c3[nH]c(=O)ccc23)CC1. The van der Waals surface area contributed by atoms with Crippen LogP contribution < -0.4 is 15.6 Å². The number of phenols is 1. The highest BCUT2D eigenvalue weighted by molar-refractivity contribution is 5.88. The van der Waals surface area contributed by atoms with Crippen LogP contribution in [0.5, 0.6) is 11.5 Å². The summed E-state index contributed by atoms with van der Waals surface area (Å²) in [6, 6.07) is 32.7. The molecule has 4 fully saturated rings. The molecule has 9 rings (SSSR count). The van der Waals surface area contributed by atoms with Crippen molar-refractivity contribution in [1.29, 1.82) is 0 Å². The highest BCUT2D eigenvalue weighted by Crippen LogP contribution is 2.36. The van der Waals surface area contributed by atoms with E-state index in [1.54, 1.807) is 54.6 Å². The Hall–Kier alpha value is -6.06. The molecule has 14 nitrogen and oxygen atoms in total. The van der Waals surface area contributed by atoms with Crippen molar-refractivity contribution < 1.29 is 39.2 Å². The molecule has 3 saturated heterocycles. The van der Waals surface area contributed by atoms with Gasteiger partial charge in [-0.3, -0.25) is 19.3 Å². The summed E-state index contributed by atoms with van der Waals surface area (Å²) < 4.78 is 12.3. The van der Waals surface area contributed by atoms with Gasteiger partial charge in [0.1, 0.15) is 11.5 Å². The Labute approximate surface area is 422 Å². The van der Waals surface area contributed by atoms with E-state index in [4.69, 9.17) is 9.47 Å². The minimum Gasteiger partial charge on any atom is -0.506 e. The van der Waals surface area contributed by atoms with Gasteiger partial charge in [0.15, 0.2) is 0 Å². The van der Waals surface area contributed by atoms with Crippen molar-refractivity contribution in [2.45, 2.75) is 82.5 Å². The van der Waals surface area contributed by atoms with E-state index < -0.39 is 17.7 Å². The number of aromatic amines is 1. The third kappa shape index (κ3) is 12.2. The lowest BCUT2D eigenvalue weighted by molar-refractivity contribution is -0.164. The molecule has 1 aromatic heterocycles. The van der Waals surface area contributed by atoms with Crippen LogP contribution in [0.2, 0.25) is 0 Å². The molecule has 1 unspecified atom stereocenters. The number of piperidine rings is 3. The van der Waals surface area contributed by atoms with Crippen LogP contribution in [-0.2, 0) is 31.3 Å². The number of rotatable bonds is 17. The Bertz CT molecular complexity index is 2650. The molecule has 1 aliphatic carbocycles. The van der Waals surface area contributed by atoms with Crippen molar-refractivity contribution in [2.24, 2.45) is 29.6 Å². The molecule has 4 heterocycles. The molecule has 72 heavy (non-hydrogen) atoms. The van der Waals surface area contributed by atoms with Crippen LogP contribution in [0, 0.1) is 29.6 Å². The van der Waals surface area contributed by atoms with Crippen molar-refractivity contribution >= 4 is 28.7 Å². The number of nitrogens with zero attached hydrogens (tertiary/aromatic N) is 3. The molecule has 5 aromatic rings. The number of aliphatic hydroxyl groups excluding tert-OH is 1. The first-order valence-corrected chi connectivity index (χ1v) is 26.3. The number of ether oxygens (including phenoxy) is 2. The molecule has 382 valence electrons. The number of likely N-dealkylation sites (tertiary alicyclic amines) is 3. The molecule has 1 saturated carbocycles. The van der Waals surface area contributed by atoms with Gasteiger partial charge in [-0.15, -0.1) is 0 Å². The number of nitrogens with one attached hydrogen (secondary N) is 2. The number of aliphatic hydroxyl groups is 2. The maximum atomic E-state index is 14.0. The van der Waals surface area contributed by atoms with Crippen LogP contribution in [0.4, 0.5) is 0 Å². The first-order chi connectivity index (χ1) is 35.0. The molecule has 0 spiro atoms. The quantitative estimate of drug-likeness (QED) is 0.0611. The maximum absolute atomic E-state index is 14.0. The van der Waals surface area contributed by atoms with Crippen LogP contribution in [0.15, 0.2) is 114 Å². The van der Waals surface area contributed by atoms with Gasteiger partial charge in [-0.1, -0.05) is 78.9 Å². The number of H-pyrrole nitrogens is 1. The third-order valence-corrected chi connectivity index (χ3v) is 15.9. The number of benzene rings is 4. The first-order valence-electron chi connectivity index (χ1n) is 26.3. The van der Waals surface area contributed by atoms with Gasteiger partial charge in [0.25, 0.3) is 0 Å². The summed E-state index contributed by atoms with van der Waals surface area (Å²) in [5.74, 6) is 0.943. The standard InChI is InChI=1S/C58H71N5O9/c64-51-20-18-49(50-19-21-53(66)60-54(50)51)52(65)36-59-35-40-24-30-62(31-25-40)55(67)44-14-16-45(17-15-44)56(68)63-32-26-43(27-33-63)38-71-48-13-7-12-47(34-48)58(70,46-10-5-2-6-11-46)57(69)72-39-42-22-28-61(29-23-42)37-41-8-3-1-4-9-41/h1-13,18-21,34,40,42-45,52,59,64-65,70H,14-17,22-33,35-39H2,(H,60,66)/t44?,45?,52-,58?/m0/s1. The van der Waals surface area contributed by atoms with Gasteiger partial charge in [0.05, 0.1) is 24.8 Å². The third-order valence-electron chi connectivity index (χ3n) is 15.9. The Morgan fingerprint density at radius 1 is 0.667 bits per heavy atom. The van der Waals surface area contributed by atoms with E-state index in [-0.39, 0.29) is 53.4 Å². The molecular formula is C58H71N5O9. The van der Waals surface area contributed by atoms with Crippen molar-refractivity contribution in [3.8, 4) is 11.5 Å². The number of aromatic nitrogens is 1. The second kappa shape index (κ2) is 23.7. The smallest absolute Gasteiger partial charge is 0.347 e. The highest BCUT2D eigenvalue weighted by atomic mass is 16.5. The van der Waals surface area contributed by atoms with Gasteiger partial charge in [0, 0.05) is 68.1 Å². The van der Waals surface area contributed by atoms with Crippen LogP contribution in [-0.4, -0.2) is 118 Å². The molecule has 0 radical (unpaired) electrons. The number of pyridine rings is 1. The second-order valence-electron chi connectivity index (χ2n) is 20.8. The second-order valence-corrected chi connectivity index (χ2v) is 20.8. The van der Waals surface area contributed by atoms with Crippen LogP contribution >= 0.6 is 0 Å². The van der Waals surface area contributed by atoms with Gasteiger partial charge in [0.2, 0.25) is 23.0 Å². The molecule has 2 amide bonds. The Morgan fingerprint density at radius 3 is 1.90 bits per heavy atom. The van der Waals surface area contributed by atoms with Crippen LogP contribution in [0.25, 0.3) is 10.9 Å². The van der Waals surface area contributed by atoms with Crippen molar-refractivity contribution in [3.05, 3.63) is 142 Å². The average molecular weight is 982 g/mol. The summed E-state index contributed by atoms with van der Waals surface area (Å²) in [6.07, 6.45) is 7.30. The van der Waals surface area contributed by atoms with E-state index in [0.717, 1.165) is 83.8 Å². The van der Waals surface area contributed by atoms with E-state index >= 15 is 0 Å². The summed E-state index contributed by atoms with van der Waals surface area (Å²) in [7, 11) is 0. The Morgan fingerprint density at radius 2 is 1.25 bits per heavy atom. The largest absolute Gasteiger partial charge is 0.506 e. The first kappa shape index (κ1) is 50.9. The predicted molar refractivity (Wildman–Crippen MR) is 275 cm³/mol. The van der Waals surface area contributed by atoms with Crippen LogP contribution in [0.1, 0.15) is 92.6 Å². The number of amides is 2. The molecule has 4 aliphatic rings. The number of fused-ring (bicyclic) bond motifs is 1. The van der Waals surface area contributed by atoms with E-state index in [0.29, 0.717) is 85.1 Å². The average Bonchev–Trinajstić information content (AvgIpc) is 3.42. The molecule has 14 heteroatoms. The zero-order chi connectivity index (χ0) is 50.0. The molecule has 0 bridgehead atoms. The lowest BCUT2D eigenvalue weighted by atomic mass is 9.80. The number of phenolic OH excluding ortho intramolecular Hbond substituents is 1. The Balaban J connectivity index is 0.681. The fraction of sp³-hybridized carbons (Fsp3) is 0.483. The summed E-state index contributed by atoms with van der Waals surface area (Å²) in [4.78, 5) is 62.2. The molecule has 5 N–H and O–H groups in total. The molecule has 4 aromatic carbocycles. The fourth-order valence-electron chi connectivity index (χ4n) is 11.4. The van der Waals surface area contributed by atoms with E-state index in [9.17, 15) is 34.5 Å². The number of esters is 1. The zero-order valence-electron chi connectivity index (χ0n) is 41.3. The fourth-order valence-corrected chi connectivity index (χ4v) is 11.4. The summed E-state index contributed by atoms with van der Waals surface area (Å²) in [6.45, 7) is 7.23. The molecule has 3 aliphatic heterocycles. The number of hydrogen-bond acceptors (Lipinski definition) is 11. The van der Waals surface area contributed by atoms with Gasteiger partial charge in [-0.2, -0.15) is 0 Å². The van der Waals surface area contributed by atoms with Gasteiger partial charge in [-0.05, 0) is 143 Å². The maximum Gasteiger partial charge on any atom is 0.347 e. The highest BCUT2D eigenvalue weighted by Gasteiger charge is 2.43. The minimum absolute atomic E-state index is 0.0403. The van der Waals surface area contributed by atoms with E-state index in [2.05, 4.69) is 39.5 Å². The summed E-state index contributed by atoms with van der Waals surface area (Å²) in [5.41, 5.74) is 0.711. The summed E-state index contributed by atoms with van der Waals surface area (Å²) in [5, 5.41) is 37.4. The monoisotopic (exact) mass is 982 g/mol. The molecule has 2 atom stereocenters. The number of carbonyl (C=O) groups is 3. The summed E-state index contributed by atoms with van der Waals surface area (Å²) >= 11 is 0. The van der Waals surface area contributed by atoms with Gasteiger partial charge < -0.3 is 44.9 Å². The van der Waals surface area contributed by atoms with E-state index in [1.165, 1.54) is 17.7 Å². The number of aromatic hydroxyl groups is 1. The minimum atomic E-state index is -2.02. The van der Waals surface area contributed by atoms with Gasteiger partial charge >= 0.3 is 5.97 Å². The van der Waals surface area contributed by atoms with Crippen LogP contribution in [0.3, 0.4) is 0 Å². The Kier molecular flexibility index (Phi) is 16.7. The molecular weight excluding hydrogens is 911 g/mol. The number of carbonyl (C=O) groups excluding carboxylic acids is 3. The van der Waals surface area contributed by atoms with Gasteiger partial charge in [-0.25, -0.2) is 4.79 Å². The lowest BCUT2D eigenvalue weighted by Gasteiger charge is -2.38. The zero-order valence-corrected chi connectivity index (χ0v) is 41.3. The van der Waals surface area contributed by atoms with Crippen molar-refractivity contribution in [1.82, 2.24) is 25.0 Å². The lowest BCUT2D eigenvalue weighted by Crippen LogP contribution is -2.46. The topological polar surface area (TPSA) is 185 Å². The van der Waals surface area contributed by atoms with Crippen molar-refractivity contribution in [2.75, 3.05) is 65.6 Å².